The smallest absolute Gasteiger partial charge is 0.165 e. The number of allylic oxidation sites excluding steroid dienone is 2. The fourth-order valence-corrected chi connectivity index (χ4v) is 10.0. The number of hydrogen-bond acceptors (Lipinski definition) is 4. The second-order valence-corrected chi connectivity index (χ2v) is 18.1. The van der Waals surface area contributed by atoms with E-state index in [1.54, 1.807) is 0 Å². The van der Waals surface area contributed by atoms with Crippen LogP contribution >= 0.6 is 11.8 Å². The third-order valence-corrected chi connectivity index (χ3v) is 14.2. The van der Waals surface area contributed by atoms with Gasteiger partial charge in [-0.2, -0.15) is 0 Å². The standard InChI is InChI=1S/C27H22NS.C19H36O2.Ir/c1-16-11-13-21-17(15-16)12-14-22(28-21)18-8-6-9-20-24(18)27(2,3)25-19-7-4-5-10-23(19)29-26(20)25;1-12(2)18(9,13(3)4)16(20)11-17(21)19(10,14(5)6)15(7)8;/h4-7,9-15,25-26H,1-3H3;11-15,20H,1-10H3;/q-1;;/b;16-11-;. The first-order valence-corrected chi connectivity index (χ1v) is 19.4. The molecule has 1 aromatic heterocycles. The average molecular weight is 881 g/mol. The summed E-state index contributed by atoms with van der Waals surface area (Å²) in [6.45, 7) is 27.7. The summed E-state index contributed by atoms with van der Waals surface area (Å²) >= 11 is 2.03. The first-order chi connectivity index (χ1) is 23.4. The molecule has 2 heterocycles. The number of nitrogens with zero attached hydrogens (tertiary/aromatic N) is 1. The summed E-state index contributed by atoms with van der Waals surface area (Å²) < 4.78 is 0. The number of ketones is 1. The number of carbonyl (C=O) groups excluding carboxylic acids is 1. The second kappa shape index (κ2) is 15.3. The molecule has 5 heteroatoms. The zero-order valence-corrected chi connectivity index (χ0v) is 36.1. The number of aliphatic hydroxyl groups is 1. The molecule has 2 atom stereocenters. The number of carbonyl (C=O) groups is 1. The summed E-state index contributed by atoms with van der Waals surface area (Å²) in [6.07, 6.45) is 1.50. The van der Waals surface area contributed by atoms with Crippen LogP contribution in [0.1, 0.15) is 117 Å². The molecule has 4 aromatic rings. The summed E-state index contributed by atoms with van der Waals surface area (Å²) in [5.41, 5.74) is 8.13. The van der Waals surface area contributed by atoms with Gasteiger partial charge in [0, 0.05) is 53.1 Å². The molecule has 1 aliphatic carbocycles. The number of thioether (sulfide) groups is 1. The van der Waals surface area contributed by atoms with Gasteiger partial charge in [0.15, 0.2) is 5.78 Å². The van der Waals surface area contributed by atoms with Crippen molar-refractivity contribution in [1.29, 1.82) is 0 Å². The number of pyridine rings is 1. The van der Waals surface area contributed by atoms with Gasteiger partial charge in [-0.05, 0) is 70.9 Å². The molecule has 0 spiro atoms. The minimum atomic E-state index is -0.442. The summed E-state index contributed by atoms with van der Waals surface area (Å²) in [5.74, 6) is 1.77. The molecule has 51 heavy (non-hydrogen) atoms. The molecule has 0 bridgehead atoms. The predicted molar refractivity (Wildman–Crippen MR) is 213 cm³/mol. The molecule has 275 valence electrons. The minimum Gasteiger partial charge on any atom is -0.512 e. The fraction of sp³-hybridized carbons (Fsp3) is 0.478. The monoisotopic (exact) mass is 881 g/mol. The van der Waals surface area contributed by atoms with E-state index in [-0.39, 0.29) is 66.1 Å². The van der Waals surface area contributed by atoms with Gasteiger partial charge in [0.05, 0.1) is 5.52 Å². The molecule has 3 nitrogen and oxygen atoms in total. The Balaban J connectivity index is 0.000000239. The molecule has 1 radical (unpaired) electrons. The maximum absolute atomic E-state index is 12.8. The van der Waals surface area contributed by atoms with Crippen LogP contribution in [0.4, 0.5) is 0 Å². The molecule has 2 aliphatic rings. The van der Waals surface area contributed by atoms with Gasteiger partial charge in [0.25, 0.3) is 0 Å². The van der Waals surface area contributed by atoms with E-state index in [2.05, 4.69) is 149 Å². The Kier molecular flexibility index (Phi) is 12.3. The van der Waals surface area contributed by atoms with Crippen LogP contribution in [0, 0.1) is 47.5 Å². The Morgan fingerprint density at radius 1 is 0.863 bits per heavy atom. The van der Waals surface area contributed by atoms with E-state index in [0.29, 0.717) is 11.2 Å². The van der Waals surface area contributed by atoms with Crippen LogP contribution in [0.15, 0.2) is 83.5 Å². The average Bonchev–Trinajstić information content (AvgIpc) is 3.56. The number of aromatic nitrogens is 1. The third-order valence-electron chi connectivity index (χ3n) is 12.8. The first-order valence-electron chi connectivity index (χ1n) is 18.5. The molecule has 1 N–H and O–H groups in total. The summed E-state index contributed by atoms with van der Waals surface area (Å²) in [6, 6.07) is 27.7. The maximum atomic E-state index is 12.8. The number of fused-ring (bicyclic) bond motifs is 6. The molecule has 0 fully saturated rings. The van der Waals surface area contributed by atoms with Gasteiger partial charge < -0.3 is 5.11 Å². The molecule has 0 saturated carbocycles. The molecule has 2 unspecified atom stereocenters. The van der Waals surface area contributed by atoms with E-state index in [1.807, 2.05) is 25.6 Å². The summed E-state index contributed by atoms with van der Waals surface area (Å²) in [4.78, 5) is 19.3. The Morgan fingerprint density at radius 2 is 1.47 bits per heavy atom. The normalized spacial score (nSPS) is 18.0. The van der Waals surface area contributed by atoms with Crippen LogP contribution in [-0.2, 0) is 30.3 Å². The SMILES string of the molecule is CC(C)C(C)(C(=O)/C=C(\O)C(C)(C(C)C)C(C)C)C(C)C.Cc1ccc2nc(-c3[c-]ccc4c3C(C)(C)C3c5ccccc5SC43)ccc2c1.[Ir]. The van der Waals surface area contributed by atoms with Gasteiger partial charge in [-0.1, -0.05) is 125 Å². The van der Waals surface area contributed by atoms with Crippen molar-refractivity contribution in [1.82, 2.24) is 4.98 Å². The third kappa shape index (κ3) is 7.17. The van der Waals surface area contributed by atoms with Crippen LogP contribution in [0.3, 0.4) is 0 Å². The molecule has 0 saturated heterocycles. The molecular weight excluding hydrogens is 823 g/mol. The van der Waals surface area contributed by atoms with Crippen molar-refractivity contribution < 1.29 is 30.0 Å². The number of aryl methyl sites for hydroxylation is 1. The summed E-state index contributed by atoms with van der Waals surface area (Å²) in [7, 11) is 0. The summed E-state index contributed by atoms with van der Waals surface area (Å²) in [5, 5.41) is 12.3. The molecule has 0 amide bonds. The van der Waals surface area contributed by atoms with Crippen LogP contribution in [0.2, 0.25) is 0 Å². The van der Waals surface area contributed by atoms with Gasteiger partial charge in [0.2, 0.25) is 0 Å². The molecule has 1 aliphatic heterocycles. The van der Waals surface area contributed by atoms with Crippen molar-refractivity contribution >= 4 is 28.4 Å². The first kappa shape index (κ1) is 41.0. The maximum Gasteiger partial charge on any atom is 0.165 e. The van der Waals surface area contributed by atoms with Crippen molar-refractivity contribution in [2.75, 3.05) is 0 Å². The molecular formula is C46H58IrNO2S-. The molecule has 6 rings (SSSR count). The second-order valence-electron chi connectivity index (χ2n) is 16.9. The van der Waals surface area contributed by atoms with E-state index in [1.165, 1.54) is 44.2 Å². The van der Waals surface area contributed by atoms with Crippen molar-refractivity contribution in [3.05, 3.63) is 107 Å². The van der Waals surface area contributed by atoms with Gasteiger partial charge in [-0.15, -0.1) is 46.7 Å². The largest absolute Gasteiger partial charge is 0.512 e. The van der Waals surface area contributed by atoms with Gasteiger partial charge in [-0.25, -0.2) is 0 Å². The minimum absolute atomic E-state index is 0. The van der Waals surface area contributed by atoms with Crippen LogP contribution < -0.4 is 0 Å². The van der Waals surface area contributed by atoms with Gasteiger partial charge in [0.1, 0.15) is 5.76 Å². The predicted octanol–water partition coefficient (Wildman–Crippen LogP) is 12.9. The van der Waals surface area contributed by atoms with Crippen molar-refractivity contribution in [2.24, 2.45) is 34.5 Å². The Bertz CT molecular complexity index is 1900. The van der Waals surface area contributed by atoms with E-state index >= 15 is 0 Å². The van der Waals surface area contributed by atoms with E-state index in [0.717, 1.165) is 11.2 Å². The quantitative estimate of drug-likeness (QED) is 0.109. The number of rotatable bonds is 8. The topological polar surface area (TPSA) is 50.2 Å². The Hall–Kier alpha value is -2.72. The number of aliphatic hydroxyl groups excluding tert-OH is 1. The molecule has 3 aromatic carbocycles. The number of benzene rings is 3. The van der Waals surface area contributed by atoms with Crippen LogP contribution in [0.25, 0.3) is 22.2 Å². The van der Waals surface area contributed by atoms with E-state index in [4.69, 9.17) is 4.98 Å². The number of hydrogen-bond donors (Lipinski definition) is 1. The van der Waals surface area contributed by atoms with E-state index in [9.17, 15) is 9.90 Å². The van der Waals surface area contributed by atoms with Crippen LogP contribution in [-0.4, -0.2) is 15.9 Å². The zero-order chi connectivity index (χ0) is 36.9. The van der Waals surface area contributed by atoms with E-state index < -0.39 is 5.41 Å². The van der Waals surface area contributed by atoms with Crippen molar-refractivity contribution in [2.45, 2.75) is 111 Å². The Labute approximate surface area is 325 Å². The van der Waals surface area contributed by atoms with Crippen molar-refractivity contribution in [3.63, 3.8) is 0 Å². The van der Waals surface area contributed by atoms with Gasteiger partial charge >= 0.3 is 0 Å². The van der Waals surface area contributed by atoms with Crippen molar-refractivity contribution in [3.8, 4) is 11.3 Å². The fourth-order valence-electron chi connectivity index (χ4n) is 8.34. The Morgan fingerprint density at radius 3 is 2.08 bits per heavy atom. The van der Waals surface area contributed by atoms with Gasteiger partial charge in [-0.3, -0.25) is 9.78 Å². The van der Waals surface area contributed by atoms with Crippen LogP contribution in [0.5, 0.6) is 0 Å². The zero-order valence-electron chi connectivity index (χ0n) is 32.9.